The van der Waals surface area contributed by atoms with E-state index in [1.807, 2.05) is 0 Å². The van der Waals surface area contributed by atoms with Gasteiger partial charge in [0, 0.05) is 6.42 Å². The number of anilines is 1. The van der Waals surface area contributed by atoms with E-state index in [-0.39, 0.29) is 24.4 Å². The number of halogens is 1. The molecule has 1 aliphatic heterocycles. The fourth-order valence-electron chi connectivity index (χ4n) is 1.83. The molecule has 1 fully saturated rings. The van der Waals surface area contributed by atoms with Gasteiger partial charge in [-0.2, -0.15) is 0 Å². The molecule has 0 radical (unpaired) electrons. The van der Waals surface area contributed by atoms with Crippen LogP contribution in [0.3, 0.4) is 0 Å². The largest absolute Gasteiger partial charge is 0.306 e. The summed E-state index contributed by atoms with van der Waals surface area (Å²) in [6.45, 7) is 3.07. The molecule has 1 unspecified atom stereocenters. The molecular weight excluding hydrogens is 272 g/mol. The predicted molar refractivity (Wildman–Crippen MR) is 75.4 cm³/mol. The topological polar surface area (TPSA) is 66.9 Å². The second-order valence-electron chi connectivity index (χ2n) is 4.24. The lowest BCUT2D eigenvalue weighted by Crippen LogP contribution is -2.35. The van der Waals surface area contributed by atoms with Crippen LogP contribution in [0.25, 0.3) is 0 Å². The van der Waals surface area contributed by atoms with Crippen molar-refractivity contribution in [1.82, 2.24) is 15.5 Å². The summed E-state index contributed by atoms with van der Waals surface area (Å²) in [5.74, 6) is 0.0145. The number of nitrogens with zero attached hydrogens (tertiary/aromatic N) is 2. The van der Waals surface area contributed by atoms with Crippen molar-refractivity contribution >= 4 is 34.8 Å². The maximum absolute atomic E-state index is 11.8. The summed E-state index contributed by atoms with van der Waals surface area (Å²) < 4.78 is 0. The van der Waals surface area contributed by atoms with Crippen molar-refractivity contribution in [3.05, 3.63) is 5.01 Å². The van der Waals surface area contributed by atoms with Crippen molar-refractivity contribution in [2.24, 2.45) is 0 Å². The number of hydrogen-bond acceptors (Lipinski definition) is 5. The van der Waals surface area contributed by atoms with Gasteiger partial charge >= 0.3 is 0 Å². The molecule has 1 aliphatic rings. The van der Waals surface area contributed by atoms with Crippen LogP contribution >= 0.6 is 23.7 Å². The van der Waals surface area contributed by atoms with Gasteiger partial charge in [-0.3, -0.25) is 10.1 Å². The molecule has 5 nitrogen and oxygen atoms in total. The highest BCUT2D eigenvalue weighted by atomic mass is 35.5. The van der Waals surface area contributed by atoms with E-state index in [0.29, 0.717) is 5.13 Å². The molecule has 1 amide bonds. The van der Waals surface area contributed by atoms with Gasteiger partial charge in [0.05, 0.1) is 6.04 Å². The zero-order valence-corrected chi connectivity index (χ0v) is 12.1. The summed E-state index contributed by atoms with van der Waals surface area (Å²) in [5.41, 5.74) is 0. The molecule has 0 aliphatic carbocycles. The van der Waals surface area contributed by atoms with Crippen LogP contribution in [0.5, 0.6) is 0 Å². The average Bonchev–Trinajstić information content (AvgIpc) is 2.97. The van der Waals surface area contributed by atoms with Crippen LogP contribution in [0.2, 0.25) is 0 Å². The van der Waals surface area contributed by atoms with Crippen molar-refractivity contribution in [1.29, 1.82) is 0 Å². The molecule has 0 bridgehead atoms. The van der Waals surface area contributed by atoms with Crippen molar-refractivity contribution in [2.45, 2.75) is 45.1 Å². The third-order valence-corrected chi connectivity index (χ3v) is 3.72. The predicted octanol–water partition coefficient (Wildman–Crippen LogP) is 1.99. The van der Waals surface area contributed by atoms with Crippen molar-refractivity contribution in [3.63, 3.8) is 0 Å². The number of carbonyl (C=O) groups excluding carboxylic acids is 1. The molecule has 2 heterocycles. The zero-order chi connectivity index (χ0) is 12.1. The fourth-order valence-corrected chi connectivity index (χ4v) is 2.62. The van der Waals surface area contributed by atoms with Crippen LogP contribution in [0, 0.1) is 0 Å². The molecule has 0 spiro atoms. The van der Waals surface area contributed by atoms with Crippen molar-refractivity contribution in [3.8, 4) is 0 Å². The quantitative estimate of drug-likeness (QED) is 0.870. The lowest BCUT2D eigenvalue weighted by molar-refractivity contribution is -0.117. The van der Waals surface area contributed by atoms with Crippen LogP contribution in [-0.4, -0.2) is 28.7 Å². The molecule has 102 valence electrons. The number of rotatable bonds is 5. The number of aromatic nitrogens is 2. The maximum Gasteiger partial charge on any atom is 0.243 e. The van der Waals surface area contributed by atoms with E-state index in [9.17, 15) is 4.79 Å². The van der Waals surface area contributed by atoms with Gasteiger partial charge in [0.15, 0.2) is 0 Å². The zero-order valence-electron chi connectivity index (χ0n) is 10.4. The molecule has 1 aromatic rings. The molecule has 1 atom stereocenters. The lowest BCUT2D eigenvalue weighted by Gasteiger charge is -2.07. The summed E-state index contributed by atoms with van der Waals surface area (Å²) in [7, 11) is 0. The highest BCUT2D eigenvalue weighted by Crippen LogP contribution is 2.18. The summed E-state index contributed by atoms with van der Waals surface area (Å²) >= 11 is 1.48. The summed E-state index contributed by atoms with van der Waals surface area (Å²) in [6.07, 6.45) is 5.19. The number of unbranched alkanes of at least 4 members (excludes halogenated alkanes) is 1. The molecule has 0 aromatic carbocycles. The Balaban J connectivity index is 0.00000162. The first-order valence-corrected chi connectivity index (χ1v) is 6.98. The van der Waals surface area contributed by atoms with E-state index in [1.54, 1.807) is 0 Å². The Morgan fingerprint density at radius 3 is 3.06 bits per heavy atom. The second kappa shape index (κ2) is 7.66. The Morgan fingerprint density at radius 2 is 2.39 bits per heavy atom. The Hall–Kier alpha value is -0.720. The van der Waals surface area contributed by atoms with Gasteiger partial charge in [-0.05, 0) is 25.8 Å². The molecule has 1 aromatic heterocycles. The number of aryl methyl sites for hydroxylation is 1. The van der Waals surface area contributed by atoms with Crippen LogP contribution in [-0.2, 0) is 11.2 Å². The van der Waals surface area contributed by atoms with Crippen LogP contribution in [0.15, 0.2) is 0 Å². The monoisotopic (exact) mass is 290 g/mol. The number of nitrogens with one attached hydrogen (secondary N) is 2. The number of amides is 1. The van der Waals surface area contributed by atoms with E-state index in [2.05, 4.69) is 27.8 Å². The van der Waals surface area contributed by atoms with E-state index in [0.717, 1.165) is 43.7 Å². The molecule has 18 heavy (non-hydrogen) atoms. The van der Waals surface area contributed by atoms with E-state index in [1.165, 1.54) is 11.3 Å². The van der Waals surface area contributed by atoms with Crippen LogP contribution < -0.4 is 10.6 Å². The Labute approximate surface area is 117 Å². The first kappa shape index (κ1) is 15.3. The first-order valence-electron chi connectivity index (χ1n) is 6.16. The Bertz CT molecular complexity index is 379. The van der Waals surface area contributed by atoms with Gasteiger partial charge in [0.25, 0.3) is 0 Å². The normalized spacial score (nSPS) is 18.4. The maximum atomic E-state index is 11.8. The summed E-state index contributed by atoms with van der Waals surface area (Å²) in [5, 5.41) is 15.7. The third-order valence-electron chi connectivity index (χ3n) is 2.82. The minimum absolute atomic E-state index is 0. The van der Waals surface area contributed by atoms with Crippen LogP contribution in [0.4, 0.5) is 5.13 Å². The highest BCUT2D eigenvalue weighted by Gasteiger charge is 2.22. The van der Waals surface area contributed by atoms with Crippen molar-refractivity contribution < 1.29 is 4.79 Å². The minimum atomic E-state index is -0.0574. The molecule has 2 rings (SSSR count). The van der Waals surface area contributed by atoms with Crippen molar-refractivity contribution in [2.75, 3.05) is 11.9 Å². The van der Waals surface area contributed by atoms with E-state index >= 15 is 0 Å². The molecule has 1 saturated heterocycles. The second-order valence-corrected chi connectivity index (χ2v) is 5.30. The fraction of sp³-hybridized carbons (Fsp3) is 0.727. The minimum Gasteiger partial charge on any atom is -0.306 e. The number of hydrogen-bond donors (Lipinski definition) is 2. The van der Waals surface area contributed by atoms with Gasteiger partial charge < -0.3 is 5.32 Å². The SMILES string of the molecule is CCCCc1nnc(NC(=O)C2CCCN2)s1.Cl. The molecular formula is C11H19ClN4OS. The van der Waals surface area contributed by atoms with Gasteiger partial charge in [-0.25, -0.2) is 0 Å². The summed E-state index contributed by atoms with van der Waals surface area (Å²) in [6, 6.07) is -0.0574. The van der Waals surface area contributed by atoms with E-state index < -0.39 is 0 Å². The smallest absolute Gasteiger partial charge is 0.243 e. The Morgan fingerprint density at radius 1 is 1.56 bits per heavy atom. The van der Waals surface area contributed by atoms with Gasteiger partial charge in [0.1, 0.15) is 5.01 Å². The van der Waals surface area contributed by atoms with Gasteiger partial charge in [-0.1, -0.05) is 24.7 Å². The van der Waals surface area contributed by atoms with Gasteiger partial charge in [0.2, 0.25) is 11.0 Å². The Kier molecular flexibility index (Phi) is 6.52. The third kappa shape index (κ3) is 4.19. The standard InChI is InChI=1S/C11H18N4OS.ClH/c1-2-3-6-9-14-15-11(17-9)13-10(16)8-5-4-7-12-8;/h8,12H,2-7H2,1H3,(H,13,15,16);1H. The lowest BCUT2D eigenvalue weighted by atomic mass is 10.2. The first-order chi connectivity index (χ1) is 8.29. The highest BCUT2D eigenvalue weighted by molar-refractivity contribution is 7.15. The van der Waals surface area contributed by atoms with Gasteiger partial charge in [-0.15, -0.1) is 22.6 Å². The van der Waals surface area contributed by atoms with E-state index in [4.69, 9.17) is 0 Å². The molecule has 0 saturated carbocycles. The number of carbonyl (C=O) groups is 1. The average molecular weight is 291 g/mol. The molecule has 2 N–H and O–H groups in total. The van der Waals surface area contributed by atoms with Crippen LogP contribution in [0.1, 0.15) is 37.6 Å². The summed E-state index contributed by atoms with van der Waals surface area (Å²) in [4.78, 5) is 11.8. The molecule has 7 heteroatoms.